The van der Waals surface area contributed by atoms with E-state index in [9.17, 15) is 4.79 Å². The SMILES string of the molecule is CCN(/N=C/c1ccccc1C(=O)OC)c1nc(-c2ccccc2C)cs1. The van der Waals surface area contributed by atoms with E-state index in [1.807, 2.05) is 41.6 Å². The molecule has 0 amide bonds. The van der Waals surface area contributed by atoms with E-state index >= 15 is 0 Å². The number of hydrogen-bond donors (Lipinski definition) is 0. The molecule has 138 valence electrons. The number of nitrogens with zero attached hydrogens (tertiary/aromatic N) is 3. The lowest BCUT2D eigenvalue weighted by molar-refractivity contribution is 0.0600. The molecule has 0 aliphatic rings. The van der Waals surface area contributed by atoms with E-state index in [2.05, 4.69) is 24.2 Å². The fraction of sp³-hybridized carbons (Fsp3) is 0.190. The van der Waals surface area contributed by atoms with E-state index in [1.54, 1.807) is 29.7 Å². The maximum Gasteiger partial charge on any atom is 0.338 e. The molecule has 3 aromatic rings. The molecule has 0 saturated heterocycles. The molecule has 0 spiro atoms. The van der Waals surface area contributed by atoms with Crippen molar-refractivity contribution in [2.24, 2.45) is 5.10 Å². The number of carbonyl (C=O) groups is 1. The van der Waals surface area contributed by atoms with Gasteiger partial charge in [0.25, 0.3) is 0 Å². The van der Waals surface area contributed by atoms with Crippen LogP contribution in [0.5, 0.6) is 0 Å². The van der Waals surface area contributed by atoms with Crippen LogP contribution in [-0.2, 0) is 4.74 Å². The van der Waals surface area contributed by atoms with Gasteiger partial charge in [0.1, 0.15) is 0 Å². The number of aryl methyl sites for hydroxylation is 1. The van der Waals surface area contributed by atoms with Gasteiger partial charge in [0.15, 0.2) is 0 Å². The molecule has 0 aliphatic heterocycles. The fourth-order valence-electron chi connectivity index (χ4n) is 2.67. The summed E-state index contributed by atoms with van der Waals surface area (Å²) in [5, 5.41) is 9.21. The first kappa shape index (κ1) is 18.8. The van der Waals surface area contributed by atoms with Gasteiger partial charge >= 0.3 is 5.97 Å². The van der Waals surface area contributed by atoms with Crippen molar-refractivity contribution >= 4 is 28.7 Å². The van der Waals surface area contributed by atoms with Crippen LogP contribution in [0.2, 0.25) is 0 Å². The topological polar surface area (TPSA) is 54.8 Å². The predicted octanol–water partition coefficient (Wildman–Crippen LogP) is 4.77. The second-order valence-corrected chi connectivity index (χ2v) is 6.71. The van der Waals surface area contributed by atoms with Crippen molar-refractivity contribution in [1.29, 1.82) is 0 Å². The molecule has 1 heterocycles. The molecule has 0 saturated carbocycles. The number of anilines is 1. The summed E-state index contributed by atoms with van der Waals surface area (Å²) >= 11 is 1.55. The fourth-order valence-corrected chi connectivity index (χ4v) is 3.52. The quantitative estimate of drug-likeness (QED) is 0.352. The van der Waals surface area contributed by atoms with E-state index in [0.29, 0.717) is 17.7 Å². The van der Waals surface area contributed by atoms with Crippen molar-refractivity contribution in [3.05, 3.63) is 70.6 Å². The minimum atomic E-state index is -0.379. The highest BCUT2D eigenvalue weighted by atomic mass is 32.1. The third-order valence-electron chi connectivity index (χ3n) is 4.14. The Morgan fingerprint density at radius 3 is 2.70 bits per heavy atom. The van der Waals surface area contributed by atoms with Gasteiger partial charge in [0, 0.05) is 23.1 Å². The highest BCUT2D eigenvalue weighted by Crippen LogP contribution is 2.29. The van der Waals surface area contributed by atoms with Crippen LogP contribution in [0.4, 0.5) is 5.13 Å². The summed E-state index contributed by atoms with van der Waals surface area (Å²) in [7, 11) is 1.37. The molecule has 6 heteroatoms. The van der Waals surface area contributed by atoms with Crippen LogP contribution < -0.4 is 5.01 Å². The van der Waals surface area contributed by atoms with Gasteiger partial charge < -0.3 is 4.74 Å². The summed E-state index contributed by atoms with van der Waals surface area (Å²) in [4.78, 5) is 16.6. The minimum Gasteiger partial charge on any atom is -0.465 e. The van der Waals surface area contributed by atoms with Crippen LogP contribution in [0.1, 0.15) is 28.4 Å². The van der Waals surface area contributed by atoms with Crippen molar-refractivity contribution in [2.75, 3.05) is 18.7 Å². The van der Waals surface area contributed by atoms with Crippen LogP contribution >= 0.6 is 11.3 Å². The van der Waals surface area contributed by atoms with E-state index in [-0.39, 0.29) is 5.97 Å². The Morgan fingerprint density at radius 2 is 1.96 bits per heavy atom. The van der Waals surface area contributed by atoms with Gasteiger partial charge in [0.2, 0.25) is 5.13 Å². The first-order valence-electron chi connectivity index (χ1n) is 8.64. The molecule has 0 unspecified atom stereocenters. The molecular formula is C21H21N3O2S. The summed E-state index contributed by atoms with van der Waals surface area (Å²) in [6.07, 6.45) is 1.67. The number of hydrogen-bond acceptors (Lipinski definition) is 6. The third kappa shape index (κ3) is 4.23. The lowest BCUT2D eigenvalue weighted by Gasteiger charge is -2.13. The first-order chi connectivity index (χ1) is 13.1. The second kappa shape index (κ2) is 8.60. The van der Waals surface area contributed by atoms with Gasteiger partial charge in [-0.05, 0) is 25.5 Å². The molecular weight excluding hydrogens is 358 g/mol. The lowest BCUT2D eigenvalue weighted by Crippen LogP contribution is -2.16. The third-order valence-corrected chi connectivity index (χ3v) is 4.99. The van der Waals surface area contributed by atoms with Crippen LogP contribution in [0.15, 0.2) is 59.0 Å². The van der Waals surface area contributed by atoms with Gasteiger partial charge in [0.05, 0.1) is 24.6 Å². The molecule has 0 bridgehead atoms. The molecule has 0 radical (unpaired) electrons. The lowest BCUT2D eigenvalue weighted by atomic mass is 10.1. The van der Waals surface area contributed by atoms with Gasteiger partial charge in [-0.25, -0.2) is 14.8 Å². The number of ether oxygens (including phenoxy) is 1. The summed E-state index contributed by atoms with van der Waals surface area (Å²) < 4.78 is 4.83. The van der Waals surface area contributed by atoms with Gasteiger partial charge in [-0.15, -0.1) is 11.3 Å². The van der Waals surface area contributed by atoms with Crippen LogP contribution in [0.3, 0.4) is 0 Å². The van der Waals surface area contributed by atoms with Crippen LogP contribution in [-0.4, -0.2) is 30.8 Å². The first-order valence-corrected chi connectivity index (χ1v) is 9.52. The van der Waals surface area contributed by atoms with Crippen LogP contribution in [0.25, 0.3) is 11.3 Å². The van der Waals surface area contributed by atoms with E-state index < -0.39 is 0 Å². The normalized spacial score (nSPS) is 10.9. The molecule has 0 atom stereocenters. The smallest absolute Gasteiger partial charge is 0.338 e. The number of thiazole rings is 1. The number of hydrazone groups is 1. The summed E-state index contributed by atoms with van der Waals surface area (Å²) in [6, 6.07) is 15.4. The van der Waals surface area contributed by atoms with Gasteiger partial charge in [-0.3, -0.25) is 0 Å². The second-order valence-electron chi connectivity index (χ2n) is 5.87. The van der Waals surface area contributed by atoms with E-state index in [1.165, 1.54) is 12.7 Å². The van der Waals surface area contributed by atoms with Crippen molar-refractivity contribution < 1.29 is 9.53 Å². The highest BCUT2D eigenvalue weighted by Gasteiger charge is 2.12. The maximum absolute atomic E-state index is 11.9. The molecule has 0 aliphatic carbocycles. The number of esters is 1. The Bertz CT molecular complexity index is 965. The zero-order valence-electron chi connectivity index (χ0n) is 15.5. The van der Waals surface area contributed by atoms with E-state index in [0.717, 1.165) is 16.4 Å². The number of carbonyl (C=O) groups excluding carboxylic acids is 1. The van der Waals surface area contributed by atoms with Crippen molar-refractivity contribution in [2.45, 2.75) is 13.8 Å². The zero-order valence-corrected chi connectivity index (χ0v) is 16.4. The Balaban J connectivity index is 1.86. The number of aromatic nitrogens is 1. The number of benzene rings is 2. The molecule has 2 aromatic carbocycles. The summed E-state index contributed by atoms with van der Waals surface area (Å²) in [5.41, 5.74) is 4.44. The Morgan fingerprint density at radius 1 is 1.22 bits per heavy atom. The predicted molar refractivity (Wildman–Crippen MR) is 111 cm³/mol. The average Bonchev–Trinajstić information content (AvgIpc) is 3.18. The number of rotatable bonds is 6. The Hall–Kier alpha value is -2.99. The average molecular weight is 379 g/mol. The minimum absolute atomic E-state index is 0.379. The van der Waals surface area contributed by atoms with Crippen molar-refractivity contribution in [3.63, 3.8) is 0 Å². The maximum atomic E-state index is 11.9. The molecule has 3 rings (SSSR count). The van der Waals surface area contributed by atoms with Gasteiger partial charge in [-0.1, -0.05) is 42.5 Å². The number of methoxy groups -OCH3 is 1. The molecule has 0 N–H and O–H groups in total. The Labute approximate surface area is 162 Å². The largest absolute Gasteiger partial charge is 0.465 e. The molecule has 0 fully saturated rings. The Kier molecular flexibility index (Phi) is 5.98. The molecule has 1 aromatic heterocycles. The highest BCUT2D eigenvalue weighted by molar-refractivity contribution is 7.14. The van der Waals surface area contributed by atoms with Crippen molar-refractivity contribution in [3.8, 4) is 11.3 Å². The van der Waals surface area contributed by atoms with Gasteiger partial charge in [-0.2, -0.15) is 5.10 Å². The molecule has 5 nitrogen and oxygen atoms in total. The summed E-state index contributed by atoms with van der Waals surface area (Å²) in [5.74, 6) is -0.379. The summed E-state index contributed by atoms with van der Waals surface area (Å²) in [6.45, 7) is 4.75. The van der Waals surface area contributed by atoms with E-state index in [4.69, 9.17) is 9.72 Å². The van der Waals surface area contributed by atoms with Crippen LogP contribution in [0, 0.1) is 6.92 Å². The standard InChI is InChI=1S/C21H21N3O2S/c1-4-24(22-13-16-10-6-8-12-18(16)20(25)26-3)21-23-19(14-27-21)17-11-7-5-9-15(17)2/h5-14H,4H2,1-3H3/b22-13+. The monoisotopic (exact) mass is 379 g/mol. The van der Waals surface area contributed by atoms with Crippen molar-refractivity contribution in [1.82, 2.24) is 4.98 Å². The zero-order chi connectivity index (χ0) is 19.2. The molecule has 27 heavy (non-hydrogen) atoms.